The van der Waals surface area contributed by atoms with Crippen LogP contribution in [0.25, 0.3) is 0 Å². The van der Waals surface area contributed by atoms with E-state index in [1.807, 2.05) is 30.3 Å². The summed E-state index contributed by atoms with van der Waals surface area (Å²) in [6, 6.07) is 19.4. The molecule has 2 heterocycles. The van der Waals surface area contributed by atoms with E-state index in [2.05, 4.69) is 37.6 Å². The lowest BCUT2D eigenvalue weighted by molar-refractivity contribution is -0.384. The molecule has 0 saturated carbocycles. The number of anilines is 1. The Hall–Kier alpha value is -4.15. The van der Waals surface area contributed by atoms with Crippen molar-refractivity contribution in [2.45, 2.75) is 12.6 Å². The second kappa shape index (κ2) is 12.0. The number of carbonyl (C=O) groups is 2. The van der Waals surface area contributed by atoms with E-state index in [1.165, 1.54) is 29.8 Å². The standard InChI is InChI=1S/C26H28N6O4/c33-25(26(34)29-22-8-10-23(11-9-22)32(35)36)28-18-24(21-7-4-12-27-17-21)31-15-13-30(14-16-31)19-20-5-2-1-3-6-20/h1-12,17,24H,13-16,18-19H2,(H,28,33)(H,29,34)/t24-/m0/s1. The first kappa shape index (κ1) is 25.0. The number of nitrogens with zero attached hydrogens (tertiary/aromatic N) is 4. The second-order valence-corrected chi connectivity index (χ2v) is 8.57. The molecule has 0 aliphatic carbocycles. The number of nitro groups is 1. The molecule has 10 heteroatoms. The van der Waals surface area contributed by atoms with Crippen molar-refractivity contribution < 1.29 is 14.5 Å². The smallest absolute Gasteiger partial charge is 0.313 e. The summed E-state index contributed by atoms with van der Waals surface area (Å²) < 4.78 is 0. The van der Waals surface area contributed by atoms with Gasteiger partial charge in [-0.3, -0.25) is 34.5 Å². The fourth-order valence-electron chi connectivity index (χ4n) is 4.23. The zero-order valence-electron chi connectivity index (χ0n) is 19.7. The van der Waals surface area contributed by atoms with Crippen LogP contribution in [-0.2, 0) is 16.1 Å². The van der Waals surface area contributed by atoms with Gasteiger partial charge in [0.2, 0.25) is 0 Å². The second-order valence-electron chi connectivity index (χ2n) is 8.57. The first-order valence-corrected chi connectivity index (χ1v) is 11.7. The van der Waals surface area contributed by atoms with Crippen molar-refractivity contribution in [3.8, 4) is 0 Å². The molecule has 1 saturated heterocycles. The number of amides is 2. The molecule has 3 aromatic rings. The Kier molecular flexibility index (Phi) is 8.32. The molecule has 2 amide bonds. The summed E-state index contributed by atoms with van der Waals surface area (Å²) >= 11 is 0. The Labute approximate surface area is 209 Å². The minimum absolute atomic E-state index is 0.0966. The lowest BCUT2D eigenvalue weighted by atomic mass is 10.1. The van der Waals surface area contributed by atoms with Crippen molar-refractivity contribution in [1.82, 2.24) is 20.1 Å². The number of nitro benzene ring substituents is 1. The molecule has 0 unspecified atom stereocenters. The van der Waals surface area contributed by atoms with Gasteiger partial charge < -0.3 is 10.6 Å². The quantitative estimate of drug-likeness (QED) is 0.284. The van der Waals surface area contributed by atoms with E-state index < -0.39 is 16.7 Å². The van der Waals surface area contributed by atoms with Gasteiger partial charge in [0.15, 0.2) is 0 Å². The third-order valence-corrected chi connectivity index (χ3v) is 6.16. The van der Waals surface area contributed by atoms with Crippen LogP contribution in [0.5, 0.6) is 0 Å². The van der Waals surface area contributed by atoms with Crippen LogP contribution < -0.4 is 10.6 Å². The summed E-state index contributed by atoms with van der Waals surface area (Å²) in [5.41, 5.74) is 2.45. The number of nitrogens with one attached hydrogen (secondary N) is 2. The zero-order valence-corrected chi connectivity index (χ0v) is 19.7. The third kappa shape index (κ3) is 6.71. The van der Waals surface area contributed by atoms with Crippen molar-refractivity contribution >= 4 is 23.2 Å². The van der Waals surface area contributed by atoms with Crippen LogP contribution in [0, 0.1) is 10.1 Å². The molecule has 1 atom stereocenters. The van der Waals surface area contributed by atoms with Gasteiger partial charge in [0.25, 0.3) is 5.69 Å². The van der Waals surface area contributed by atoms with Gasteiger partial charge in [-0.15, -0.1) is 0 Å². The molecule has 36 heavy (non-hydrogen) atoms. The van der Waals surface area contributed by atoms with Crippen LogP contribution in [0.1, 0.15) is 17.2 Å². The third-order valence-electron chi connectivity index (χ3n) is 6.16. The summed E-state index contributed by atoms with van der Waals surface area (Å²) in [6.45, 7) is 4.55. The van der Waals surface area contributed by atoms with Crippen LogP contribution in [0.2, 0.25) is 0 Å². The van der Waals surface area contributed by atoms with Crippen molar-refractivity contribution in [2.24, 2.45) is 0 Å². The molecule has 2 N–H and O–H groups in total. The van der Waals surface area contributed by atoms with Gasteiger partial charge in [0, 0.05) is 69.5 Å². The molecule has 186 valence electrons. The number of aromatic nitrogens is 1. The summed E-state index contributed by atoms with van der Waals surface area (Å²) in [4.78, 5) is 44.1. The van der Waals surface area contributed by atoms with Gasteiger partial charge in [-0.05, 0) is 29.3 Å². The summed E-state index contributed by atoms with van der Waals surface area (Å²) in [5, 5.41) is 16.0. The van der Waals surface area contributed by atoms with Gasteiger partial charge in [-0.1, -0.05) is 36.4 Å². The molecule has 1 aromatic heterocycles. The van der Waals surface area contributed by atoms with E-state index in [0.29, 0.717) is 5.69 Å². The van der Waals surface area contributed by atoms with E-state index in [0.717, 1.165) is 38.3 Å². The molecule has 1 aliphatic rings. The molecule has 0 bridgehead atoms. The van der Waals surface area contributed by atoms with Crippen LogP contribution in [-0.4, -0.2) is 64.2 Å². The minimum atomic E-state index is -0.832. The average molecular weight is 489 g/mol. The number of pyridine rings is 1. The highest BCUT2D eigenvalue weighted by molar-refractivity contribution is 6.39. The molecule has 1 fully saturated rings. The van der Waals surface area contributed by atoms with Gasteiger partial charge in [0.05, 0.1) is 11.0 Å². The van der Waals surface area contributed by atoms with Crippen molar-refractivity contribution in [3.05, 3.63) is 100 Å². The lowest BCUT2D eigenvalue weighted by Gasteiger charge is -2.39. The molecule has 1 aliphatic heterocycles. The van der Waals surface area contributed by atoms with Crippen LogP contribution in [0.4, 0.5) is 11.4 Å². The molecule has 4 rings (SSSR count). The van der Waals surface area contributed by atoms with E-state index in [4.69, 9.17) is 0 Å². The normalized spacial score (nSPS) is 15.1. The lowest BCUT2D eigenvalue weighted by Crippen LogP contribution is -2.50. The molecule has 0 spiro atoms. The van der Waals surface area contributed by atoms with Crippen molar-refractivity contribution in [3.63, 3.8) is 0 Å². The summed E-state index contributed by atoms with van der Waals surface area (Å²) in [5.74, 6) is -1.61. The number of benzene rings is 2. The number of carbonyl (C=O) groups excluding carboxylic acids is 2. The molecule has 2 aromatic carbocycles. The van der Waals surface area contributed by atoms with Crippen molar-refractivity contribution in [1.29, 1.82) is 0 Å². The molecule has 10 nitrogen and oxygen atoms in total. The van der Waals surface area contributed by atoms with Gasteiger partial charge in [-0.2, -0.15) is 0 Å². The number of hydrogen-bond acceptors (Lipinski definition) is 7. The number of non-ortho nitro benzene ring substituents is 1. The predicted molar refractivity (Wildman–Crippen MR) is 135 cm³/mol. The Morgan fingerprint density at radius 2 is 1.67 bits per heavy atom. The van der Waals surface area contributed by atoms with E-state index in [9.17, 15) is 19.7 Å². The Morgan fingerprint density at radius 3 is 2.31 bits per heavy atom. The van der Waals surface area contributed by atoms with E-state index >= 15 is 0 Å². The predicted octanol–water partition coefficient (Wildman–Crippen LogP) is 2.60. The largest absolute Gasteiger partial charge is 0.346 e. The Morgan fingerprint density at radius 1 is 0.944 bits per heavy atom. The maximum absolute atomic E-state index is 12.5. The minimum Gasteiger partial charge on any atom is -0.346 e. The molecule has 0 radical (unpaired) electrons. The Bertz CT molecular complexity index is 1170. The highest BCUT2D eigenvalue weighted by Crippen LogP contribution is 2.22. The molecular weight excluding hydrogens is 460 g/mol. The van der Waals surface area contributed by atoms with Crippen LogP contribution >= 0.6 is 0 Å². The topological polar surface area (TPSA) is 121 Å². The maximum atomic E-state index is 12.5. The van der Waals surface area contributed by atoms with Crippen LogP contribution in [0.3, 0.4) is 0 Å². The van der Waals surface area contributed by atoms with Gasteiger partial charge >= 0.3 is 11.8 Å². The number of hydrogen-bond donors (Lipinski definition) is 2. The van der Waals surface area contributed by atoms with E-state index in [-0.39, 0.29) is 18.3 Å². The first-order valence-electron chi connectivity index (χ1n) is 11.7. The highest BCUT2D eigenvalue weighted by Gasteiger charge is 2.26. The molecular formula is C26H28N6O4. The van der Waals surface area contributed by atoms with Crippen LogP contribution in [0.15, 0.2) is 79.1 Å². The fourth-order valence-corrected chi connectivity index (χ4v) is 4.23. The number of rotatable bonds is 8. The van der Waals surface area contributed by atoms with E-state index in [1.54, 1.807) is 12.4 Å². The number of piperazine rings is 1. The maximum Gasteiger partial charge on any atom is 0.313 e. The summed E-state index contributed by atoms with van der Waals surface area (Å²) in [7, 11) is 0. The van der Waals surface area contributed by atoms with Gasteiger partial charge in [-0.25, -0.2) is 0 Å². The van der Waals surface area contributed by atoms with Gasteiger partial charge in [0.1, 0.15) is 0 Å². The average Bonchev–Trinajstić information content (AvgIpc) is 2.91. The first-order chi connectivity index (χ1) is 17.5. The fraction of sp³-hybridized carbons (Fsp3) is 0.269. The highest BCUT2D eigenvalue weighted by atomic mass is 16.6. The Balaban J connectivity index is 1.34. The summed E-state index contributed by atoms with van der Waals surface area (Å²) in [6.07, 6.45) is 3.48. The van der Waals surface area contributed by atoms with Crippen molar-refractivity contribution in [2.75, 3.05) is 38.0 Å². The zero-order chi connectivity index (χ0) is 25.3. The SMILES string of the molecule is O=C(NC[C@@H](c1cccnc1)N1CCN(Cc2ccccc2)CC1)C(=O)Nc1ccc([N+](=O)[O-])cc1. The monoisotopic (exact) mass is 488 g/mol.